The molecule has 0 bridgehead atoms. The minimum absolute atomic E-state index is 0.00294. The van der Waals surface area contributed by atoms with Gasteiger partial charge in [-0.15, -0.1) is 0 Å². The summed E-state index contributed by atoms with van der Waals surface area (Å²) in [6, 6.07) is 4.42. The molecule has 52 heavy (non-hydrogen) atoms. The van der Waals surface area contributed by atoms with Gasteiger partial charge in [-0.3, -0.25) is 4.98 Å². The molecule has 4 aromatic heterocycles. The van der Waals surface area contributed by atoms with E-state index in [1.54, 1.807) is 17.0 Å². The van der Waals surface area contributed by atoms with E-state index in [0.29, 0.717) is 19.0 Å². The molecule has 0 atom stereocenters. The van der Waals surface area contributed by atoms with Crippen molar-refractivity contribution in [2.45, 2.75) is 75.5 Å². The highest BCUT2D eigenvalue weighted by molar-refractivity contribution is 7.90. The van der Waals surface area contributed by atoms with E-state index in [1.165, 1.54) is 24.2 Å². The summed E-state index contributed by atoms with van der Waals surface area (Å²) in [5.74, 6) is -4.06. The fraction of sp³-hybridized carbons (Fsp3) is 0.412. The summed E-state index contributed by atoms with van der Waals surface area (Å²) in [5.41, 5.74) is -1.46. The molecule has 0 saturated heterocycles. The third kappa shape index (κ3) is 9.29. The molecule has 0 saturated carbocycles. The molecule has 11 nitrogen and oxygen atoms in total. The first-order valence-electron chi connectivity index (χ1n) is 16.5. The predicted octanol–water partition coefficient (Wildman–Crippen LogP) is 8.03. The Kier molecular flexibility index (Phi) is 12.0. The van der Waals surface area contributed by atoms with E-state index in [2.05, 4.69) is 59.3 Å². The van der Waals surface area contributed by atoms with E-state index >= 15 is 13.2 Å². The third-order valence-electron chi connectivity index (χ3n) is 8.12. The zero-order chi connectivity index (χ0) is 38.0. The SMILES string of the molecule is COc1ncc(Cl)cc1S(=O)(=O)Cc1cc(F)cc(-c2ncc3c(-c4nccn4COCC[Si](C)(C)C)nn(COCC[Si](C)(C)C)c3c2F)c1F. The van der Waals surface area contributed by atoms with E-state index in [4.69, 9.17) is 25.8 Å². The van der Waals surface area contributed by atoms with Gasteiger partial charge < -0.3 is 18.8 Å². The van der Waals surface area contributed by atoms with Crippen LogP contribution in [0.5, 0.6) is 5.88 Å². The van der Waals surface area contributed by atoms with Crippen molar-refractivity contribution >= 4 is 48.5 Å². The van der Waals surface area contributed by atoms with Crippen LogP contribution in [0.1, 0.15) is 5.56 Å². The van der Waals surface area contributed by atoms with Crippen molar-refractivity contribution in [2.24, 2.45) is 0 Å². The molecule has 0 N–H and O–H groups in total. The first-order chi connectivity index (χ1) is 24.4. The summed E-state index contributed by atoms with van der Waals surface area (Å²) >= 11 is 5.98. The molecule has 0 fully saturated rings. The first kappa shape index (κ1) is 39.6. The number of fused-ring (bicyclic) bond motifs is 1. The lowest BCUT2D eigenvalue weighted by Crippen LogP contribution is -2.22. The second-order valence-corrected chi connectivity index (χ2v) is 28.4. The number of hydrogen-bond acceptors (Lipinski definition) is 9. The normalized spacial score (nSPS) is 12.6. The molecule has 5 rings (SSSR count). The number of aromatic nitrogens is 6. The Morgan fingerprint density at radius 1 is 0.846 bits per heavy atom. The molecule has 0 radical (unpaired) electrons. The Morgan fingerprint density at radius 3 is 2.17 bits per heavy atom. The standard InChI is InChI=1S/C34H42ClF3N6O5SSi2/c1-47-34-27(15-23(35)17-41-34)50(45,46)19-22-14-24(36)16-25(28(22)37)30-29(38)32-26(18-40-30)31(42-44(32)21-49-11-13-52(5,6)7)33-39-8-9-43(33)20-48-10-12-51(2,3)4/h8-9,14-18H,10-13,19-21H2,1-7H3. The molecule has 280 valence electrons. The highest BCUT2D eigenvalue weighted by Crippen LogP contribution is 2.36. The van der Waals surface area contributed by atoms with Crippen molar-refractivity contribution in [1.29, 1.82) is 0 Å². The molecule has 4 heterocycles. The van der Waals surface area contributed by atoms with Crippen LogP contribution in [-0.2, 0) is 38.5 Å². The number of hydrogen-bond donors (Lipinski definition) is 0. The number of pyridine rings is 2. The topological polar surface area (TPSA) is 123 Å². The number of halogens is 4. The van der Waals surface area contributed by atoms with Gasteiger partial charge in [0.05, 0.1) is 23.3 Å². The quantitative estimate of drug-likeness (QED) is 0.0722. The molecular weight excluding hydrogens is 753 g/mol. The second kappa shape index (κ2) is 15.8. The van der Waals surface area contributed by atoms with Crippen molar-refractivity contribution in [2.75, 3.05) is 20.3 Å². The van der Waals surface area contributed by atoms with Gasteiger partial charge in [0.25, 0.3) is 0 Å². The molecule has 0 aliphatic carbocycles. The summed E-state index contributed by atoms with van der Waals surface area (Å²) in [5, 5.41) is 4.92. The minimum atomic E-state index is -4.37. The van der Waals surface area contributed by atoms with Crippen LogP contribution in [0.2, 0.25) is 56.4 Å². The van der Waals surface area contributed by atoms with Crippen molar-refractivity contribution in [1.82, 2.24) is 29.3 Å². The maximum atomic E-state index is 16.8. The van der Waals surface area contributed by atoms with Gasteiger partial charge >= 0.3 is 0 Å². The number of imidazole rings is 1. The van der Waals surface area contributed by atoms with Gasteiger partial charge in [0.2, 0.25) is 5.88 Å². The van der Waals surface area contributed by atoms with Crippen LogP contribution in [0.3, 0.4) is 0 Å². The molecule has 0 spiro atoms. The van der Waals surface area contributed by atoms with Crippen molar-refractivity contribution in [3.05, 3.63) is 71.0 Å². The molecule has 1 aromatic carbocycles. The summed E-state index contributed by atoms with van der Waals surface area (Å²) < 4.78 is 94.8. The van der Waals surface area contributed by atoms with E-state index in [0.717, 1.165) is 30.3 Å². The van der Waals surface area contributed by atoms with Gasteiger partial charge in [0, 0.05) is 65.3 Å². The Morgan fingerprint density at radius 2 is 1.52 bits per heavy atom. The molecule has 0 amide bonds. The van der Waals surface area contributed by atoms with Crippen LogP contribution in [0.25, 0.3) is 33.7 Å². The molecule has 18 heteroatoms. The van der Waals surface area contributed by atoms with Crippen LogP contribution < -0.4 is 4.74 Å². The fourth-order valence-corrected chi connectivity index (χ4v) is 8.48. The largest absolute Gasteiger partial charge is 0.480 e. The van der Waals surface area contributed by atoms with Crippen LogP contribution in [-0.4, -0.2) is 74.2 Å². The van der Waals surface area contributed by atoms with Crippen molar-refractivity contribution in [3.63, 3.8) is 0 Å². The Balaban J connectivity index is 1.57. The van der Waals surface area contributed by atoms with E-state index in [9.17, 15) is 8.42 Å². The monoisotopic (exact) mass is 794 g/mol. The fourth-order valence-electron chi connectivity index (χ4n) is 5.26. The summed E-state index contributed by atoms with van der Waals surface area (Å²) in [4.78, 5) is 12.1. The number of nitrogens with zero attached hydrogens (tertiary/aromatic N) is 6. The first-order valence-corrected chi connectivity index (χ1v) is 26.0. The van der Waals surface area contributed by atoms with E-state index in [1.807, 2.05) is 0 Å². The van der Waals surface area contributed by atoms with Crippen molar-refractivity contribution < 1.29 is 35.8 Å². The Hall–Kier alpha value is -3.62. The van der Waals surface area contributed by atoms with Gasteiger partial charge in [-0.25, -0.2) is 36.2 Å². The van der Waals surface area contributed by atoms with Crippen molar-refractivity contribution in [3.8, 4) is 28.7 Å². The van der Waals surface area contributed by atoms with Gasteiger partial charge in [0.1, 0.15) is 46.9 Å². The lowest BCUT2D eigenvalue weighted by atomic mass is 10.0. The number of ether oxygens (including phenoxy) is 3. The third-order valence-corrected chi connectivity index (χ3v) is 13.4. The second-order valence-electron chi connectivity index (χ2n) is 14.8. The molecule has 0 unspecified atom stereocenters. The number of rotatable bonds is 16. The number of methoxy groups -OCH3 is 1. The van der Waals surface area contributed by atoms with Crippen LogP contribution >= 0.6 is 11.6 Å². The zero-order valence-corrected chi connectivity index (χ0v) is 33.7. The van der Waals surface area contributed by atoms with Gasteiger partial charge in [-0.1, -0.05) is 50.9 Å². The maximum Gasteiger partial charge on any atom is 0.232 e. The maximum absolute atomic E-state index is 16.8. The smallest absolute Gasteiger partial charge is 0.232 e. The summed E-state index contributed by atoms with van der Waals surface area (Å²) in [6.07, 6.45) is 5.80. The highest BCUT2D eigenvalue weighted by atomic mass is 35.5. The van der Waals surface area contributed by atoms with Gasteiger partial charge in [-0.2, -0.15) is 5.10 Å². The van der Waals surface area contributed by atoms with Crippen LogP contribution in [0.4, 0.5) is 13.2 Å². The average molecular weight is 795 g/mol. The lowest BCUT2D eigenvalue weighted by molar-refractivity contribution is 0.0812. The molecule has 5 aromatic rings. The highest BCUT2D eigenvalue weighted by Gasteiger charge is 2.28. The van der Waals surface area contributed by atoms with E-state index < -0.39 is 70.9 Å². The number of benzene rings is 1. The lowest BCUT2D eigenvalue weighted by Gasteiger charge is -2.16. The summed E-state index contributed by atoms with van der Waals surface area (Å²) in [7, 11) is -5.93. The van der Waals surface area contributed by atoms with Crippen LogP contribution in [0, 0.1) is 17.5 Å². The Bertz CT molecular complexity index is 2190. The summed E-state index contributed by atoms with van der Waals surface area (Å²) in [6.45, 7) is 14.4. The average Bonchev–Trinajstić information content (AvgIpc) is 3.67. The predicted molar refractivity (Wildman–Crippen MR) is 199 cm³/mol. The van der Waals surface area contributed by atoms with Gasteiger partial charge in [0.15, 0.2) is 21.5 Å². The zero-order valence-electron chi connectivity index (χ0n) is 30.1. The molecular formula is C34H42ClF3N6O5SSi2. The van der Waals surface area contributed by atoms with Gasteiger partial charge in [-0.05, 0) is 30.3 Å². The minimum Gasteiger partial charge on any atom is -0.480 e. The molecule has 0 aliphatic rings. The van der Waals surface area contributed by atoms with E-state index in [-0.39, 0.29) is 41.0 Å². The Labute approximate surface area is 308 Å². The number of sulfone groups is 1. The molecule has 0 aliphatic heterocycles. The van der Waals surface area contributed by atoms with Crippen LogP contribution in [0.15, 0.2) is 47.9 Å².